The van der Waals surface area contributed by atoms with Gasteiger partial charge in [0.15, 0.2) is 11.7 Å². The molecule has 0 spiro atoms. The smallest absolute Gasteiger partial charge is 0.244 e. The van der Waals surface area contributed by atoms with Crippen LogP contribution >= 0.6 is 0 Å². The third-order valence-corrected chi connectivity index (χ3v) is 5.08. The van der Waals surface area contributed by atoms with Crippen LogP contribution in [0, 0.1) is 5.41 Å². The first-order valence-corrected chi connectivity index (χ1v) is 11.3. The zero-order valence-corrected chi connectivity index (χ0v) is 20.9. The lowest BCUT2D eigenvalue weighted by Crippen LogP contribution is -2.57. The van der Waals surface area contributed by atoms with Crippen LogP contribution in [0.15, 0.2) is 34.5 Å². The largest absolute Gasteiger partial charge is 0.365 e. The van der Waals surface area contributed by atoms with Crippen molar-refractivity contribution in [2.45, 2.75) is 80.4 Å². The van der Waals surface area contributed by atoms with Crippen LogP contribution in [0.5, 0.6) is 0 Å². The predicted octanol–water partition coefficient (Wildman–Crippen LogP) is 3.95. The molecule has 4 amide bonds. The highest BCUT2D eigenvalue weighted by Gasteiger charge is 2.37. The molecule has 10 nitrogen and oxygen atoms in total. The molecule has 10 heteroatoms. The molecule has 33 heavy (non-hydrogen) atoms. The summed E-state index contributed by atoms with van der Waals surface area (Å²) < 4.78 is 0. The van der Waals surface area contributed by atoms with Crippen molar-refractivity contribution >= 4 is 29.4 Å². The first kappa shape index (κ1) is 24.3. The average Bonchev–Trinajstić information content (AvgIpc) is 2.72. The zero-order valence-electron chi connectivity index (χ0n) is 20.9. The van der Waals surface area contributed by atoms with E-state index in [0.29, 0.717) is 17.4 Å². The van der Waals surface area contributed by atoms with Gasteiger partial charge in [0.25, 0.3) is 0 Å². The molecular weight excluding hydrogens is 420 g/mol. The lowest BCUT2D eigenvalue weighted by atomic mass is 9.95. The van der Waals surface area contributed by atoms with Crippen LogP contribution in [0.25, 0.3) is 0 Å². The average molecular weight is 455 g/mol. The summed E-state index contributed by atoms with van der Waals surface area (Å²) in [5.41, 5.74) is 9.96. The van der Waals surface area contributed by atoms with Gasteiger partial charge in [-0.25, -0.2) is 24.6 Å². The van der Waals surface area contributed by atoms with Gasteiger partial charge in [0.2, 0.25) is 0 Å². The van der Waals surface area contributed by atoms with E-state index >= 15 is 0 Å². The Labute approximate surface area is 196 Å². The maximum Gasteiger partial charge on any atom is 0.365 e. The summed E-state index contributed by atoms with van der Waals surface area (Å²) in [6.07, 6.45) is 0. The standard InChI is InChI=1S/C23H34N8O2/c1-14(2)28-21(32)29(15(3)4)25-19(24-28)17-10-12-18(13-11-17)31-22(33)30(16(5)6)26-20(27-31)23(7,8)9/h10-16H,1-9H3. The summed E-state index contributed by atoms with van der Waals surface area (Å²) in [6, 6.07) is 6.38. The summed E-state index contributed by atoms with van der Waals surface area (Å²) in [5, 5.41) is 14.7. The van der Waals surface area contributed by atoms with E-state index in [1.807, 2.05) is 74.4 Å². The fourth-order valence-corrected chi connectivity index (χ4v) is 3.16. The molecule has 0 saturated carbocycles. The Morgan fingerprint density at radius 3 is 1.70 bits per heavy atom. The van der Waals surface area contributed by atoms with Crippen LogP contribution in [0.2, 0.25) is 0 Å². The molecule has 0 bridgehead atoms. The molecule has 2 radical (unpaired) electrons. The predicted molar refractivity (Wildman–Crippen MR) is 128 cm³/mol. The van der Waals surface area contributed by atoms with Gasteiger partial charge in [-0.1, -0.05) is 20.8 Å². The van der Waals surface area contributed by atoms with E-state index in [9.17, 15) is 9.59 Å². The molecule has 0 unspecified atom stereocenters. The first-order valence-electron chi connectivity index (χ1n) is 11.3. The topological polar surface area (TPSA) is 100 Å². The fraction of sp³-hybridized carbons (Fsp3) is 0.565. The Hall–Kier alpha value is -3.30. The lowest BCUT2D eigenvalue weighted by molar-refractivity contribution is 0.104. The Morgan fingerprint density at radius 2 is 1.21 bits per heavy atom. The number of hydrazone groups is 2. The normalized spacial score (nSPS) is 17.6. The molecule has 0 N–H and O–H groups in total. The number of urea groups is 2. The van der Waals surface area contributed by atoms with Crippen LogP contribution in [-0.4, -0.2) is 56.9 Å². The molecule has 2 aliphatic heterocycles. The Kier molecular flexibility index (Phi) is 6.58. The molecule has 2 heterocycles. The molecular formula is C23H34N8O2. The van der Waals surface area contributed by atoms with Crippen molar-refractivity contribution in [3.8, 4) is 0 Å². The number of hydrogen-bond acceptors (Lipinski definition) is 4. The summed E-state index contributed by atoms with van der Waals surface area (Å²) in [4.78, 5) is 25.7. The molecule has 0 fully saturated rings. The second kappa shape index (κ2) is 8.92. The molecule has 0 atom stereocenters. The van der Waals surface area contributed by atoms with Gasteiger partial charge in [0, 0.05) is 11.0 Å². The molecule has 2 aliphatic rings. The van der Waals surface area contributed by atoms with Gasteiger partial charge in [-0.15, -0.1) is 15.6 Å². The highest BCUT2D eigenvalue weighted by atomic mass is 16.2. The van der Waals surface area contributed by atoms with Crippen molar-refractivity contribution in [3.63, 3.8) is 0 Å². The van der Waals surface area contributed by atoms with Gasteiger partial charge in [-0.3, -0.25) is 0 Å². The van der Waals surface area contributed by atoms with Gasteiger partial charge in [-0.05, 0) is 65.8 Å². The number of hydrogen-bond donors (Lipinski definition) is 0. The SMILES string of the molecule is CC(C)N1[N]C(C(C)(C)C)=NN(c2ccc(C3=NN(C(C)C)C(=O)N(C(C)C)[N]3)cc2)C1=O. The van der Waals surface area contributed by atoms with Crippen molar-refractivity contribution in [2.24, 2.45) is 15.6 Å². The van der Waals surface area contributed by atoms with E-state index in [1.54, 1.807) is 12.1 Å². The van der Waals surface area contributed by atoms with E-state index in [4.69, 9.17) is 0 Å². The van der Waals surface area contributed by atoms with Crippen molar-refractivity contribution in [1.29, 1.82) is 0 Å². The highest BCUT2D eigenvalue weighted by molar-refractivity contribution is 6.03. The van der Waals surface area contributed by atoms with Crippen LogP contribution in [-0.2, 0) is 0 Å². The third-order valence-electron chi connectivity index (χ3n) is 5.08. The summed E-state index contributed by atoms with van der Waals surface area (Å²) in [5.74, 6) is 1.01. The molecule has 178 valence electrons. The number of nitrogens with zero attached hydrogens (tertiary/aromatic N) is 8. The Morgan fingerprint density at radius 1 is 0.697 bits per heavy atom. The number of amidine groups is 2. The second-order valence-corrected chi connectivity index (χ2v) is 10.0. The van der Waals surface area contributed by atoms with E-state index < -0.39 is 0 Å². The second-order valence-electron chi connectivity index (χ2n) is 10.0. The minimum absolute atomic E-state index is 0.106. The quantitative estimate of drug-likeness (QED) is 0.673. The van der Waals surface area contributed by atoms with Crippen molar-refractivity contribution < 1.29 is 9.59 Å². The van der Waals surface area contributed by atoms with Gasteiger partial charge < -0.3 is 0 Å². The van der Waals surface area contributed by atoms with Gasteiger partial charge in [0.1, 0.15) is 0 Å². The van der Waals surface area contributed by atoms with E-state index in [2.05, 4.69) is 21.1 Å². The molecule has 1 aromatic rings. The van der Waals surface area contributed by atoms with Gasteiger partial charge in [0.05, 0.1) is 23.8 Å². The lowest BCUT2D eigenvalue weighted by Gasteiger charge is -2.37. The summed E-state index contributed by atoms with van der Waals surface area (Å²) in [7, 11) is 0. The molecule has 0 aliphatic carbocycles. The van der Waals surface area contributed by atoms with Crippen molar-refractivity contribution in [3.05, 3.63) is 29.8 Å². The molecule has 3 rings (SSSR count). The molecule has 0 aromatic heterocycles. The number of benzene rings is 1. The minimum Gasteiger partial charge on any atom is -0.244 e. The van der Waals surface area contributed by atoms with Gasteiger partial charge in [-0.2, -0.15) is 10.4 Å². The maximum atomic E-state index is 13.1. The summed E-state index contributed by atoms with van der Waals surface area (Å²) in [6.45, 7) is 17.5. The number of rotatable bonds is 5. The highest BCUT2D eigenvalue weighted by Crippen LogP contribution is 2.26. The van der Waals surface area contributed by atoms with E-state index in [0.717, 1.165) is 5.56 Å². The summed E-state index contributed by atoms with van der Waals surface area (Å²) >= 11 is 0. The van der Waals surface area contributed by atoms with Gasteiger partial charge >= 0.3 is 12.1 Å². The fourth-order valence-electron chi connectivity index (χ4n) is 3.16. The van der Waals surface area contributed by atoms with Crippen LogP contribution in [0.3, 0.4) is 0 Å². The van der Waals surface area contributed by atoms with Crippen LogP contribution in [0.1, 0.15) is 67.9 Å². The maximum absolute atomic E-state index is 13.1. The van der Waals surface area contributed by atoms with Crippen LogP contribution in [0.4, 0.5) is 15.3 Å². The van der Waals surface area contributed by atoms with Crippen molar-refractivity contribution in [2.75, 3.05) is 5.01 Å². The molecule has 1 aromatic carbocycles. The Bertz CT molecular complexity index is 960. The zero-order chi connectivity index (χ0) is 24.7. The van der Waals surface area contributed by atoms with E-state index in [-0.39, 0.29) is 35.6 Å². The number of carbonyl (C=O) groups excluding carboxylic acids is 2. The van der Waals surface area contributed by atoms with Crippen molar-refractivity contribution in [1.82, 2.24) is 25.9 Å². The number of carbonyl (C=O) groups is 2. The first-order chi connectivity index (χ1) is 15.3. The van der Waals surface area contributed by atoms with E-state index in [1.165, 1.54) is 20.0 Å². The molecule has 0 saturated heterocycles. The minimum atomic E-state index is -0.325. The third kappa shape index (κ3) is 4.89. The Balaban J connectivity index is 1.95. The monoisotopic (exact) mass is 454 g/mol. The number of anilines is 1. The number of amides is 4. The van der Waals surface area contributed by atoms with Crippen LogP contribution < -0.4 is 15.9 Å².